The van der Waals surface area contributed by atoms with Crippen LogP contribution in [0.2, 0.25) is 0 Å². The van der Waals surface area contributed by atoms with E-state index in [0.717, 1.165) is 42.4 Å². The maximum absolute atomic E-state index is 13.1. The maximum atomic E-state index is 13.1. The third-order valence-corrected chi connectivity index (χ3v) is 7.21. The zero-order valence-electron chi connectivity index (χ0n) is 20.9. The van der Waals surface area contributed by atoms with Gasteiger partial charge in [-0.15, -0.1) is 0 Å². The number of nitrogens with zero attached hydrogens (tertiary/aromatic N) is 5. The number of pyridine rings is 2. The van der Waals surface area contributed by atoms with Crippen molar-refractivity contribution in [2.75, 3.05) is 38.6 Å². The highest BCUT2D eigenvalue weighted by Gasteiger charge is 2.28. The predicted octanol–water partition coefficient (Wildman–Crippen LogP) is 2.14. The van der Waals surface area contributed by atoms with Crippen molar-refractivity contribution in [1.29, 1.82) is 5.26 Å². The summed E-state index contributed by atoms with van der Waals surface area (Å²) in [6.07, 6.45) is 1.60. The highest BCUT2D eigenvalue weighted by molar-refractivity contribution is 5.97. The number of rotatable bonds is 5. The molecule has 4 heterocycles. The Bertz CT molecular complexity index is 1480. The van der Waals surface area contributed by atoms with Crippen LogP contribution in [0.25, 0.3) is 10.9 Å². The molecule has 0 atom stereocenters. The normalized spacial score (nSPS) is 16.0. The Morgan fingerprint density at radius 3 is 2.73 bits per heavy atom. The molecule has 1 aromatic carbocycles. The summed E-state index contributed by atoms with van der Waals surface area (Å²) in [5.74, 6) is 0.228. The molecule has 1 saturated heterocycles. The smallest absolute Gasteiger partial charge is 0.272 e. The van der Waals surface area contributed by atoms with Crippen molar-refractivity contribution in [3.63, 3.8) is 0 Å². The number of benzene rings is 1. The van der Waals surface area contributed by atoms with E-state index in [-0.39, 0.29) is 41.5 Å². The highest BCUT2D eigenvalue weighted by atomic mass is 16.5. The zero-order valence-corrected chi connectivity index (χ0v) is 20.9. The number of carbonyl (C=O) groups excluding carboxylic acids is 2. The number of piperidine rings is 1. The van der Waals surface area contributed by atoms with Crippen molar-refractivity contribution in [3.05, 3.63) is 63.6 Å². The predicted molar refractivity (Wildman–Crippen MR) is 138 cm³/mol. The number of nitriles is 1. The molecule has 0 saturated carbocycles. The summed E-state index contributed by atoms with van der Waals surface area (Å²) < 4.78 is 7.07. The number of fused-ring (bicyclic) bond motifs is 2. The van der Waals surface area contributed by atoms with E-state index in [9.17, 15) is 19.6 Å². The quantitative estimate of drug-likeness (QED) is 0.570. The first kappa shape index (κ1) is 24.5. The number of anilines is 1. The van der Waals surface area contributed by atoms with Crippen LogP contribution in [0, 0.1) is 18.3 Å². The van der Waals surface area contributed by atoms with Crippen LogP contribution in [0.15, 0.2) is 41.2 Å². The standard InChI is InChI=1S/C27H28N6O4/c1-17-13-25(35)33(22-14-18(15-28)3-4-20(17)22)12-11-32-9-7-19(8-10-32)31(2)27(36)21-5-6-23-26(29-21)30-24(34)16-37-23/h3-6,13-14,19H,7-12,16H2,1-2H3,(H,29,30,34). The molecule has 2 aromatic heterocycles. The van der Waals surface area contributed by atoms with Gasteiger partial charge in [-0.2, -0.15) is 5.26 Å². The third-order valence-electron chi connectivity index (χ3n) is 7.21. The molecule has 2 amide bonds. The Morgan fingerprint density at radius 1 is 1.19 bits per heavy atom. The highest BCUT2D eigenvalue weighted by Crippen LogP contribution is 2.26. The second kappa shape index (κ2) is 10.0. The molecular formula is C27H28N6O4. The zero-order chi connectivity index (χ0) is 26.1. The molecule has 37 heavy (non-hydrogen) atoms. The molecule has 10 heteroatoms. The second-order valence-electron chi connectivity index (χ2n) is 9.53. The van der Waals surface area contributed by atoms with Gasteiger partial charge in [-0.25, -0.2) is 4.98 Å². The van der Waals surface area contributed by atoms with E-state index in [1.54, 1.807) is 46.8 Å². The van der Waals surface area contributed by atoms with Crippen LogP contribution < -0.4 is 15.6 Å². The molecular weight excluding hydrogens is 472 g/mol. The molecule has 0 spiro atoms. The monoisotopic (exact) mass is 500 g/mol. The van der Waals surface area contributed by atoms with Gasteiger partial charge in [0.05, 0.1) is 17.1 Å². The van der Waals surface area contributed by atoms with Crippen molar-refractivity contribution in [2.24, 2.45) is 0 Å². The minimum atomic E-state index is -0.295. The van der Waals surface area contributed by atoms with Crippen molar-refractivity contribution in [3.8, 4) is 11.8 Å². The van der Waals surface area contributed by atoms with Gasteiger partial charge in [-0.3, -0.25) is 14.4 Å². The lowest BCUT2D eigenvalue weighted by atomic mass is 10.0. The van der Waals surface area contributed by atoms with Gasteiger partial charge in [0.2, 0.25) is 0 Å². The van der Waals surface area contributed by atoms with Crippen LogP contribution in [0.1, 0.15) is 34.5 Å². The van der Waals surface area contributed by atoms with E-state index in [2.05, 4.69) is 21.3 Å². The van der Waals surface area contributed by atoms with E-state index in [1.807, 2.05) is 13.0 Å². The van der Waals surface area contributed by atoms with Crippen LogP contribution in [-0.2, 0) is 11.3 Å². The lowest BCUT2D eigenvalue weighted by molar-refractivity contribution is -0.118. The first-order valence-corrected chi connectivity index (χ1v) is 12.3. The van der Waals surface area contributed by atoms with Gasteiger partial charge in [0, 0.05) is 50.7 Å². The Hall–Kier alpha value is -4.23. The summed E-state index contributed by atoms with van der Waals surface area (Å²) in [5, 5.41) is 12.9. The van der Waals surface area contributed by atoms with Crippen LogP contribution in [-0.4, -0.2) is 70.5 Å². The van der Waals surface area contributed by atoms with Crippen molar-refractivity contribution < 1.29 is 14.3 Å². The summed E-state index contributed by atoms with van der Waals surface area (Å²) >= 11 is 0. The summed E-state index contributed by atoms with van der Waals surface area (Å²) in [7, 11) is 1.78. The molecule has 3 aromatic rings. The molecule has 10 nitrogen and oxygen atoms in total. The molecule has 5 rings (SSSR count). The van der Waals surface area contributed by atoms with Crippen molar-refractivity contribution >= 4 is 28.5 Å². The molecule has 1 fully saturated rings. The number of hydrogen-bond acceptors (Lipinski definition) is 7. The van der Waals surface area contributed by atoms with E-state index in [1.165, 1.54) is 0 Å². The molecule has 2 aliphatic rings. The van der Waals surface area contributed by atoms with Gasteiger partial charge in [0.1, 0.15) is 5.69 Å². The molecule has 190 valence electrons. The Morgan fingerprint density at radius 2 is 1.97 bits per heavy atom. The number of nitrogens with one attached hydrogen (secondary N) is 1. The van der Waals surface area contributed by atoms with Crippen molar-refractivity contribution in [2.45, 2.75) is 32.4 Å². The maximum Gasteiger partial charge on any atom is 0.272 e. The average molecular weight is 501 g/mol. The number of aromatic nitrogens is 2. The Labute approximate surface area is 214 Å². The summed E-state index contributed by atoms with van der Waals surface area (Å²) in [6, 6.07) is 12.6. The van der Waals surface area contributed by atoms with Gasteiger partial charge in [0.25, 0.3) is 17.4 Å². The summed E-state index contributed by atoms with van der Waals surface area (Å²) in [4.78, 5) is 45.7. The molecule has 0 aliphatic carbocycles. The van der Waals surface area contributed by atoms with Crippen LogP contribution in [0.4, 0.5) is 5.82 Å². The van der Waals surface area contributed by atoms with Crippen LogP contribution >= 0.6 is 0 Å². The van der Waals surface area contributed by atoms with Crippen LogP contribution in [0.3, 0.4) is 0 Å². The van der Waals surface area contributed by atoms with Gasteiger partial charge >= 0.3 is 0 Å². The molecule has 0 radical (unpaired) electrons. The molecule has 0 unspecified atom stereocenters. The fraction of sp³-hybridized carbons (Fsp3) is 0.370. The van der Waals surface area contributed by atoms with Crippen LogP contribution in [0.5, 0.6) is 5.75 Å². The van der Waals surface area contributed by atoms with Gasteiger partial charge in [0.15, 0.2) is 18.2 Å². The average Bonchev–Trinajstić information content (AvgIpc) is 2.91. The topological polar surface area (TPSA) is 121 Å². The first-order valence-electron chi connectivity index (χ1n) is 12.3. The van der Waals surface area contributed by atoms with E-state index in [0.29, 0.717) is 24.4 Å². The fourth-order valence-corrected chi connectivity index (χ4v) is 5.05. The van der Waals surface area contributed by atoms with Gasteiger partial charge < -0.3 is 24.4 Å². The van der Waals surface area contributed by atoms with E-state index < -0.39 is 0 Å². The Kier molecular flexibility index (Phi) is 6.63. The largest absolute Gasteiger partial charge is 0.480 e. The van der Waals surface area contributed by atoms with Gasteiger partial charge in [-0.05, 0) is 49.6 Å². The lowest BCUT2D eigenvalue weighted by Gasteiger charge is -2.36. The Balaban J connectivity index is 1.21. The number of hydrogen-bond donors (Lipinski definition) is 1. The number of ether oxygens (including phenoxy) is 1. The number of amides is 2. The SMILES string of the molecule is Cc1cc(=O)n(CCN2CCC(N(C)C(=O)c3ccc4c(n3)NC(=O)CO4)CC2)c2cc(C#N)ccc12. The minimum absolute atomic E-state index is 0.0594. The summed E-state index contributed by atoms with van der Waals surface area (Å²) in [6.45, 7) is 4.67. The number of carbonyl (C=O) groups is 2. The first-order chi connectivity index (χ1) is 17.8. The summed E-state index contributed by atoms with van der Waals surface area (Å²) in [5.41, 5.74) is 2.40. The number of aryl methyl sites for hydroxylation is 1. The third kappa shape index (κ3) is 4.90. The van der Waals surface area contributed by atoms with E-state index in [4.69, 9.17) is 4.74 Å². The van der Waals surface area contributed by atoms with E-state index >= 15 is 0 Å². The number of likely N-dealkylation sites (tertiary alicyclic amines) is 1. The second-order valence-corrected chi connectivity index (χ2v) is 9.53. The molecule has 2 aliphatic heterocycles. The van der Waals surface area contributed by atoms with Gasteiger partial charge in [-0.1, -0.05) is 6.07 Å². The minimum Gasteiger partial charge on any atom is -0.480 e. The fourth-order valence-electron chi connectivity index (χ4n) is 5.05. The molecule has 1 N–H and O–H groups in total. The molecule has 0 bridgehead atoms. The lowest BCUT2D eigenvalue weighted by Crippen LogP contribution is -2.46. The van der Waals surface area contributed by atoms with Crippen molar-refractivity contribution in [1.82, 2.24) is 19.4 Å².